The standard InChI is InChI=1S/C11H16N2O2/c1-12-9-2-4-13-10(6-9)7-15-11-3-5-14-8-11/h2,4,6,11H,3,5,7-8H2,1H3,(H,12,13). The molecule has 0 radical (unpaired) electrons. The number of rotatable bonds is 4. The molecule has 0 saturated carbocycles. The second kappa shape index (κ2) is 5.09. The van der Waals surface area contributed by atoms with Crippen molar-refractivity contribution in [2.75, 3.05) is 25.6 Å². The van der Waals surface area contributed by atoms with Gasteiger partial charge >= 0.3 is 0 Å². The van der Waals surface area contributed by atoms with E-state index < -0.39 is 0 Å². The lowest BCUT2D eigenvalue weighted by Gasteiger charge is -2.09. The molecule has 1 saturated heterocycles. The van der Waals surface area contributed by atoms with Gasteiger partial charge in [-0.2, -0.15) is 0 Å². The van der Waals surface area contributed by atoms with Crippen LogP contribution in [0.1, 0.15) is 12.1 Å². The minimum Gasteiger partial charge on any atom is -0.388 e. The van der Waals surface area contributed by atoms with Gasteiger partial charge in [0.05, 0.1) is 25.0 Å². The maximum atomic E-state index is 5.67. The molecule has 4 nitrogen and oxygen atoms in total. The normalized spacial score (nSPS) is 20.5. The number of hydrogen-bond donors (Lipinski definition) is 1. The van der Waals surface area contributed by atoms with E-state index in [4.69, 9.17) is 9.47 Å². The summed E-state index contributed by atoms with van der Waals surface area (Å²) in [6.45, 7) is 2.09. The fourth-order valence-electron chi connectivity index (χ4n) is 1.56. The Morgan fingerprint density at radius 1 is 1.67 bits per heavy atom. The highest BCUT2D eigenvalue weighted by Crippen LogP contribution is 2.12. The summed E-state index contributed by atoms with van der Waals surface area (Å²) in [6.07, 6.45) is 3.02. The van der Waals surface area contributed by atoms with Crippen molar-refractivity contribution in [2.24, 2.45) is 0 Å². The molecule has 1 unspecified atom stereocenters. The summed E-state index contributed by atoms with van der Waals surface area (Å²) in [6, 6.07) is 3.93. The molecule has 1 atom stereocenters. The SMILES string of the molecule is CNc1ccnc(COC2CCOC2)c1. The summed E-state index contributed by atoms with van der Waals surface area (Å²) in [5.41, 5.74) is 2.01. The zero-order chi connectivity index (χ0) is 10.5. The molecule has 1 fully saturated rings. The first-order chi connectivity index (χ1) is 7.38. The van der Waals surface area contributed by atoms with Gasteiger partial charge in [-0.3, -0.25) is 4.98 Å². The second-order valence-corrected chi connectivity index (χ2v) is 3.58. The molecule has 1 aliphatic rings. The Labute approximate surface area is 89.6 Å². The molecule has 0 spiro atoms. The first-order valence-corrected chi connectivity index (χ1v) is 5.20. The molecule has 0 aliphatic carbocycles. The molecule has 1 aromatic heterocycles. The van der Waals surface area contributed by atoms with Gasteiger partial charge in [0.2, 0.25) is 0 Å². The topological polar surface area (TPSA) is 43.4 Å². The zero-order valence-corrected chi connectivity index (χ0v) is 8.90. The Morgan fingerprint density at radius 3 is 3.33 bits per heavy atom. The first-order valence-electron chi connectivity index (χ1n) is 5.20. The molecular formula is C11H16N2O2. The van der Waals surface area contributed by atoms with Crippen LogP contribution < -0.4 is 5.32 Å². The van der Waals surface area contributed by atoms with Crippen LogP contribution in [0.4, 0.5) is 5.69 Å². The molecule has 4 heteroatoms. The van der Waals surface area contributed by atoms with Crippen molar-refractivity contribution in [1.82, 2.24) is 4.98 Å². The lowest BCUT2D eigenvalue weighted by atomic mass is 10.3. The summed E-state index contributed by atoms with van der Waals surface area (Å²) >= 11 is 0. The van der Waals surface area contributed by atoms with Crippen LogP contribution in [0.2, 0.25) is 0 Å². The second-order valence-electron chi connectivity index (χ2n) is 3.58. The molecule has 0 amide bonds. The van der Waals surface area contributed by atoms with Crippen LogP contribution >= 0.6 is 0 Å². The maximum absolute atomic E-state index is 5.67. The van der Waals surface area contributed by atoms with Crippen LogP contribution in [0.15, 0.2) is 18.3 Å². The number of hydrogen-bond acceptors (Lipinski definition) is 4. The van der Waals surface area contributed by atoms with Crippen molar-refractivity contribution in [3.63, 3.8) is 0 Å². The van der Waals surface area contributed by atoms with E-state index in [1.54, 1.807) is 6.20 Å². The Balaban J connectivity index is 1.86. The van der Waals surface area contributed by atoms with Gasteiger partial charge in [0.15, 0.2) is 0 Å². The van der Waals surface area contributed by atoms with E-state index in [1.165, 1.54) is 0 Å². The minimum atomic E-state index is 0.241. The Hall–Kier alpha value is -1.13. The van der Waals surface area contributed by atoms with Crippen molar-refractivity contribution in [1.29, 1.82) is 0 Å². The molecule has 1 N–H and O–H groups in total. The molecule has 0 aromatic carbocycles. The monoisotopic (exact) mass is 208 g/mol. The number of ether oxygens (including phenoxy) is 2. The zero-order valence-electron chi connectivity index (χ0n) is 8.90. The van der Waals surface area contributed by atoms with Crippen molar-refractivity contribution in [2.45, 2.75) is 19.1 Å². The number of anilines is 1. The van der Waals surface area contributed by atoms with E-state index in [0.717, 1.165) is 24.4 Å². The largest absolute Gasteiger partial charge is 0.388 e. The number of nitrogens with one attached hydrogen (secondary N) is 1. The maximum Gasteiger partial charge on any atom is 0.0893 e. The molecule has 2 rings (SSSR count). The number of nitrogens with zero attached hydrogens (tertiary/aromatic N) is 1. The van der Waals surface area contributed by atoms with Crippen LogP contribution in [0.3, 0.4) is 0 Å². The highest BCUT2D eigenvalue weighted by atomic mass is 16.5. The van der Waals surface area contributed by atoms with Gasteiger partial charge in [0.1, 0.15) is 0 Å². The number of aromatic nitrogens is 1. The van der Waals surface area contributed by atoms with Crippen molar-refractivity contribution >= 4 is 5.69 Å². The van der Waals surface area contributed by atoms with Crippen LogP contribution in [0.5, 0.6) is 0 Å². The summed E-state index contributed by atoms with van der Waals surface area (Å²) in [7, 11) is 1.89. The summed E-state index contributed by atoms with van der Waals surface area (Å²) in [5.74, 6) is 0. The van der Waals surface area contributed by atoms with Crippen LogP contribution in [0, 0.1) is 0 Å². The van der Waals surface area contributed by atoms with Gasteiger partial charge in [-0.25, -0.2) is 0 Å². The van der Waals surface area contributed by atoms with Gasteiger partial charge < -0.3 is 14.8 Å². The average molecular weight is 208 g/mol. The Kier molecular flexibility index (Phi) is 3.53. The average Bonchev–Trinajstić information content (AvgIpc) is 2.79. The van der Waals surface area contributed by atoms with Gasteiger partial charge in [-0.15, -0.1) is 0 Å². The molecule has 82 valence electrons. The van der Waals surface area contributed by atoms with Gasteiger partial charge in [-0.05, 0) is 18.6 Å². The minimum absolute atomic E-state index is 0.241. The summed E-state index contributed by atoms with van der Waals surface area (Å²) < 4.78 is 10.9. The van der Waals surface area contributed by atoms with Crippen molar-refractivity contribution < 1.29 is 9.47 Å². The fraction of sp³-hybridized carbons (Fsp3) is 0.545. The molecular weight excluding hydrogens is 192 g/mol. The van der Waals surface area contributed by atoms with Gasteiger partial charge in [0, 0.05) is 25.5 Å². The summed E-state index contributed by atoms with van der Waals surface area (Å²) in [4.78, 5) is 4.24. The van der Waals surface area contributed by atoms with Crippen LogP contribution in [-0.4, -0.2) is 31.3 Å². The van der Waals surface area contributed by atoms with E-state index in [1.807, 2.05) is 19.2 Å². The van der Waals surface area contributed by atoms with E-state index in [2.05, 4.69) is 10.3 Å². The van der Waals surface area contributed by atoms with Gasteiger partial charge in [-0.1, -0.05) is 0 Å². The van der Waals surface area contributed by atoms with Gasteiger partial charge in [0.25, 0.3) is 0 Å². The summed E-state index contributed by atoms with van der Waals surface area (Å²) in [5, 5.41) is 3.08. The quantitative estimate of drug-likeness (QED) is 0.813. The van der Waals surface area contributed by atoms with Crippen molar-refractivity contribution in [3.8, 4) is 0 Å². The number of pyridine rings is 1. The molecule has 0 bridgehead atoms. The predicted octanol–water partition coefficient (Wildman–Crippen LogP) is 1.43. The molecule has 1 aromatic rings. The fourth-order valence-corrected chi connectivity index (χ4v) is 1.56. The lowest BCUT2D eigenvalue weighted by molar-refractivity contribution is 0.0302. The molecule has 2 heterocycles. The third kappa shape index (κ3) is 2.91. The smallest absolute Gasteiger partial charge is 0.0893 e. The Morgan fingerprint density at radius 2 is 2.60 bits per heavy atom. The van der Waals surface area contributed by atoms with E-state index in [-0.39, 0.29) is 6.10 Å². The third-order valence-electron chi connectivity index (χ3n) is 2.46. The first kappa shape index (κ1) is 10.4. The van der Waals surface area contributed by atoms with Crippen LogP contribution in [0.25, 0.3) is 0 Å². The third-order valence-corrected chi connectivity index (χ3v) is 2.46. The highest BCUT2D eigenvalue weighted by Gasteiger charge is 2.15. The molecule has 15 heavy (non-hydrogen) atoms. The van der Waals surface area contributed by atoms with E-state index >= 15 is 0 Å². The Bertz CT molecular complexity index is 311. The van der Waals surface area contributed by atoms with E-state index in [9.17, 15) is 0 Å². The van der Waals surface area contributed by atoms with Crippen molar-refractivity contribution in [3.05, 3.63) is 24.0 Å². The van der Waals surface area contributed by atoms with E-state index in [0.29, 0.717) is 13.2 Å². The highest BCUT2D eigenvalue weighted by molar-refractivity contribution is 5.42. The lowest BCUT2D eigenvalue weighted by Crippen LogP contribution is -2.12. The van der Waals surface area contributed by atoms with Crippen LogP contribution in [-0.2, 0) is 16.1 Å². The predicted molar refractivity (Wildman–Crippen MR) is 57.8 cm³/mol. The molecule has 1 aliphatic heterocycles.